The van der Waals surface area contributed by atoms with Crippen LogP contribution in [0.4, 0.5) is 0 Å². The summed E-state index contributed by atoms with van der Waals surface area (Å²) in [6.07, 6.45) is 11.1. The number of unbranched alkanes of at least 4 members (excludes halogenated alkanes) is 3. The molecule has 0 spiro atoms. The summed E-state index contributed by atoms with van der Waals surface area (Å²) in [6, 6.07) is 5.54. The highest BCUT2D eigenvalue weighted by Gasteiger charge is 2.17. The van der Waals surface area contributed by atoms with Gasteiger partial charge in [-0.05, 0) is 56.2 Å². The average Bonchev–Trinajstić information content (AvgIpc) is 2.98. The molecule has 2 rings (SSSR count). The van der Waals surface area contributed by atoms with Crippen molar-refractivity contribution >= 4 is 5.97 Å². The number of ether oxygens (including phenoxy) is 3. The zero-order chi connectivity index (χ0) is 29.0. The van der Waals surface area contributed by atoms with Crippen molar-refractivity contribution in [2.45, 2.75) is 91.9 Å². The molecule has 7 heteroatoms. The van der Waals surface area contributed by atoms with Crippen LogP contribution in [0.2, 0.25) is 0 Å². The second kappa shape index (κ2) is 21.0. The Labute approximate surface area is 244 Å². The van der Waals surface area contributed by atoms with Gasteiger partial charge in [-0.1, -0.05) is 66.2 Å². The lowest BCUT2D eigenvalue weighted by atomic mass is 10.0. The Morgan fingerprint density at radius 3 is 1.77 bits per heavy atom. The van der Waals surface area contributed by atoms with Crippen LogP contribution in [0.25, 0.3) is 0 Å². The molecule has 230 valence electrons. The zero-order valence-electron chi connectivity index (χ0n) is 26.0. The van der Waals surface area contributed by atoms with Crippen molar-refractivity contribution in [3.05, 3.63) is 23.8 Å². The number of benzene rings is 1. The molecule has 1 heterocycles. The van der Waals surface area contributed by atoms with E-state index in [1.807, 2.05) is 18.2 Å². The van der Waals surface area contributed by atoms with Crippen molar-refractivity contribution in [3.8, 4) is 11.5 Å². The van der Waals surface area contributed by atoms with Gasteiger partial charge in [-0.15, -0.1) is 0 Å². The predicted octanol–water partition coefficient (Wildman–Crippen LogP) is 6.42. The number of carbonyl (C=O) groups is 1. The number of aliphatic hydroxyl groups excluding tert-OH is 1. The fraction of sp³-hybridized carbons (Fsp3) is 0.788. The molecule has 1 aliphatic rings. The molecule has 7 nitrogen and oxygen atoms in total. The van der Waals surface area contributed by atoms with E-state index in [1.54, 1.807) is 0 Å². The first-order chi connectivity index (χ1) is 19.5. The summed E-state index contributed by atoms with van der Waals surface area (Å²) in [7, 11) is 0. The Morgan fingerprint density at radius 1 is 0.775 bits per heavy atom. The molecule has 1 aromatic rings. The molecule has 2 atom stereocenters. The Balaban J connectivity index is 1.91. The second-order valence-electron chi connectivity index (χ2n) is 11.4. The third-order valence-corrected chi connectivity index (χ3v) is 8.16. The van der Waals surface area contributed by atoms with Gasteiger partial charge in [0.05, 0.1) is 32.0 Å². The lowest BCUT2D eigenvalue weighted by molar-refractivity contribution is 0.0489. The summed E-state index contributed by atoms with van der Waals surface area (Å²) in [5.41, 5.74) is 0.496. The van der Waals surface area contributed by atoms with Crippen molar-refractivity contribution in [2.75, 3.05) is 65.7 Å². The van der Waals surface area contributed by atoms with Crippen LogP contribution in [0.15, 0.2) is 18.2 Å². The van der Waals surface area contributed by atoms with Gasteiger partial charge in [0, 0.05) is 38.8 Å². The Hall–Kier alpha value is -1.83. The molecule has 0 aliphatic carbocycles. The molecule has 1 N–H and O–H groups in total. The highest BCUT2D eigenvalue weighted by molar-refractivity contribution is 5.90. The average molecular weight is 563 g/mol. The van der Waals surface area contributed by atoms with Crippen LogP contribution in [0.3, 0.4) is 0 Å². The normalized spacial score (nSPS) is 16.0. The number of aliphatic hydroxyl groups is 1. The van der Waals surface area contributed by atoms with Crippen molar-refractivity contribution in [1.82, 2.24) is 9.80 Å². The third kappa shape index (κ3) is 13.7. The minimum atomic E-state index is -0.316. The van der Waals surface area contributed by atoms with Gasteiger partial charge >= 0.3 is 5.97 Å². The molecule has 0 amide bonds. The maximum Gasteiger partial charge on any atom is 0.338 e. The fourth-order valence-corrected chi connectivity index (χ4v) is 5.14. The predicted molar refractivity (Wildman–Crippen MR) is 164 cm³/mol. The number of piperazine rings is 1. The van der Waals surface area contributed by atoms with Crippen LogP contribution < -0.4 is 9.47 Å². The van der Waals surface area contributed by atoms with E-state index in [0.717, 1.165) is 77.8 Å². The summed E-state index contributed by atoms with van der Waals surface area (Å²) in [6.45, 7) is 16.7. The van der Waals surface area contributed by atoms with E-state index in [1.165, 1.54) is 25.7 Å². The van der Waals surface area contributed by atoms with E-state index < -0.39 is 0 Å². The zero-order valence-corrected chi connectivity index (χ0v) is 26.0. The van der Waals surface area contributed by atoms with Gasteiger partial charge in [-0.2, -0.15) is 0 Å². The molecule has 0 radical (unpaired) electrons. The summed E-state index contributed by atoms with van der Waals surface area (Å²) < 4.78 is 18.1. The summed E-state index contributed by atoms with van der Waals surface area (Å²) in [5.74, 6) is 2.07. The third-order valence-electron chi connectivity index (χ3n) is 8.16. The Bertz CT molecular complexity index is 759. The number of rotatable bonds is 22. The van der Waals surface area contributed by atoms with Crippen LogP contribution >= 0.6 is 0 Å². The highest BCUT2D eigenvalue weighted by atomic mass is 16.5. The minimum Gasteiger partial charge on any atom is -0.493 e. The number of esters is 1. The van der Waals surface area contributed by atoms with Crippen molar-refractivity contribution in [2.24, 2.45) is 11.8 Å². The molecule has 1 saturated heterocycles. The largest absolute Gasteiger partial charge is 0.493 e. The minimum absolute atomic E-state index is 0.227. The van der Waals surface area contributed by atoms with E-state index in [4.69, 9.17) is 19.3 Å². The smallest absolute Gasteiger partial charge is 0.338 e. The topological polar surface area (TPSA) is 71.5 Å². The van der Waals surface area contributed by atoms with Gasteiger partial charge in [0.1, 0.15) is 11.5 Å². The van der Waals surface area contributed by atoms with Crippen LogP contribution in [0, 0.1) is 11.8 Å². The van der Waals surface area contributed by atoms with Gasteiger partial charge < -0.3 is 24.2 Å². The quantitative estimate of drug-likeness (QED) is 0.129. The van der Waals surface area contributed by atoms with E-state index >= 15 is 0 Å². The number of β-amino-alcohol motifs (C(OH)–C–C–N with tert-alkyl or cyclic N) is 1. The molecule has 2 unspecified atom stereocenters. The first-order valence-corrected chi connectivity index (χ1v) is 16.2. The van der Waals surface area contributed by atoms with E-state index in [0.29, 0.717) is 48.7 Å². The highest BCUT2D eigenvalue weighted by Crippen LogP contribution is 2.26. The van der Waals surface area contributed by atoms with Crippen LogP contribution in [-0.4, -0.2) is 86.6 Å². The first kappa shape index (κ1) is 34.4. The summed E-state index contributed by atoms with van der Waals surface area (Å²) >= 11 is 0. The molecular formula is C33H58N2O5. The SMILES string of the molecule is CCCCC(CC)COc1cc(OCC(CC)CCCC)cc(C(=O)OCCCCN2CCN(CCO)CC2)c1. The first-order valence-electron chi connectivity index (χ1n) is 16.2. The molecule has 1 fully saturated rings. The number of hydrogen-bond donors (Lipinski definition) is 1. The molecule has 1 aliphatic heterocycles. The molecule has 0 bridgehead atoms. The van der Waals surface area contributed by atoms with Gasteiger partial charge in [0.2, 0.25) is 0 Å². The summed E-state index contributed by atoms with van der Waals surface area (Å²) in [5, 5.41) is 9.11. The fourth-order valence-electron chi connectivity index (χ4n) is 5.14. The molecular weight excluding hydrogens is 504 g/mol. The standard InChI is InChI=1S/C33H58N2O5/c1-5-9-13-28(7-3)26-39-31-23-30(24-32(25-31)40-27-29(8-4)14-10-6-2)33(37)38-22-12-11-15-34-16-18-35(19-17-34)20-21-36/h23-25,28-29,36H,5-22,26-27H2,1-4H3. The monoisotopic (exact) mass is 562 g/mol. The lowest BCUT2D eigenvalue weighted by Crippen LogP contribution is -2.47. The van der Waals surface area contributed by atoms with E-state index in [2.05, 4.69) is 37.5 Å². The van der Waals surface area contributed by atoms with Crippen LogP contribution in [0.5, 0.6) is 11.5 Å². The number of nitrogens with zero attached hydrogens (tertiary/aromatic N) is 2. The van der Waals surface area contributed by atoms with E-state index in [-0.39, 0.29) is 12.6 Å². The Morgan fingerprint density at radius 2 is 1.30 bits per heavy atom. The van der Waals surface area contributed by atoms with Gasteiger partial charge in [-0.3, -0.25) is 4.90 Å². The van der Waals surface area contributed by atoms with Crippen molar-refractivity contribution in [1.29, 1.82) is 0 Å². The van der Waals surface area contributed by atoms with Crippen LogP contribution in [0.1, 0.15) is 102 Å². The van der Waals surface area contributed by atoms with Gasteiger partial charge in [-0.25, -0.2) is 4.79 Å². The lowest BCUT2D eigenvalue weighted by Gasteiger charge is -2.34. The van der Waals surface area contributed by atoms with Crippen molar-refractivity contribution in [3.63, 3.8) is 0 Å². The summed E-state index contributed by atoms with van der Waals surface area (Å²) in [4.78, 5) is 17.8. The molecule has 0 saturated carbocycles. The maximum atomic E-state index is 13.0. The number of hydrogen-bond acceptors (Lipinski definition) is 7. The van der Waals surface area contributed by atoms with Crippen LogP contribution in [-0.2, 0) is 4.74 Å². The molecule has 40 heavy (non-hydrogen) atoms. The maximum absolute atomic E-state index is 13.0. The Kier molecular flexibility index (Phi) is 18.0. The molecule has 0 aromatic heterocycles. The van der Waals surface area contributed by atoms with E-state index in [9.17, 15) is 4.79 Å². The van der Waals surface area contributed by atoms with Gasteiger partial charge in [0.15, 0.2) is 0 Å². The molecule has 1 aromatic carbocycles. The van der Waals surface area contributed by atoms with Crippen molar-refractivity contribution < 1.29 is 24.1 Å². The second-order valence-corrected chi connectivity index (χ2v) is 11.4. The number of carbonyl (C=O) groups excluding carboxylic acids is 1. The van der Waals surface area contributed by atoms with Gasteiger partial charge in [0.25, 0.3) is 0 Å².